The summed E-state index contributed by atoms with van der Waals surface area (Å²) < 4.78 is 0. The highest BCUT2D eigenvalue weighted by molar-refractivity contribution is 5.93. The van der Waals surface area contributed by atoms with E-state index in [4.69, 9.17) is 10.6 Å². The van der Waals surface area contributed by atoms with Crippen LogP contribution in [0.4, 0.5) is 0 Å². The Morgan fingerprint density at radius 1 is 1.62 bits per heavy atom. The summed E-state index contributed by atoms with van der Waals surface area (Å²) in [6.07, 6.45) is -0.691. The van der Waals surface area contributed by atoms with Gasteiger partial charge in [0.1, 0.15) is 6.42 Å². The standard InChI is InChI=1S/C3H4N2O3/c4-5-2(6)1-3(7)8/h4H,1H2,(H,7,8). The number of carboxylic acids is 1. The van der Waals surface area contributed by atoms with Crippen molar-refractivity contribution in [2.24, 2.45) is 5.11 Å². The summed E-state index contributed by atoms with van der Waals surface area (Å²) in [6, 6.07) is 0. The molecule has 0 aromatic carbocycles. The number of nitrogens with one attached hydrogen (secondary N) is 1. The van der Waals surface area contributed by atoms with E-state index < -0.39 is 18.3 Å². The Balaban J connectivity index is 3.55. The smallest absolute Gasteiger partial charge is 0.313 e. The van der Waals surface area contributed by atoms with Crippen molar-refractivity contribution in [1.82, 2.24) is 0 Å². The lowest BCUT2D eigenvalue weighted by Gasteiger charge is -1.80. The van der Waals surface area contributed by atoms with Gasteiger partial charge in [-0.25, -0.2) is 5.53 Å². The van der Waals surface area contributed by atoms with Gasteiger partial charge >= 0.3 is 5.97 Å². The molecule has 0 aliphatic rings. The number of aliphatic carboxylic acids is 1. The van der Waals surface area contributed by atoms with E-state index >= 15 is 0 Å². The van der Waals surface area contributed by atoms with Gasteiger partial charge < -0.3 is 5.11 Å². The third-order valence-corrected chi connectivity index (χ3v) is 0.427. The predicted molar refractivity (Wildman–Crippen MR) is 22.4 cm³/mol. The monoisotopic (exact) mass is 116 g/mol. The number of carbonyl (C=O) groups excluding carboxylic acids is 1. The summed E-state index contributed by atoms with van der Waals surface area (Å²) in [6.45, 7) is 0. The molecule has 8 heavy (non-hydrogen) atoms. The number of nitrogens with zero attached hydrogens (tertiary/aromatic N) is 1. The van der Waals surface area contributed by atoms with Crippen LogP contribution >= 0.6 is 0 Å². The van der Waals surface area contributed by atoms with E-state index in [0.29, 0.717) is 0 Å². The Morgan fingerprint density at radius 3 is 2.25 bits per heavy atom. The topological polar surface area (TPSA) is 90.6 Å². The summed E-state index contributed by atoms with van der Waals surface area (Å²) in [5.74, 6) is -2.19. The number of hydrogen-bond donors (Lipinski definition) is 2. The Labute approximate surface area is 44.8 Å². The maximum atomic E-state index is 9.89. The van der Waals surface area contributed by atoms with Crippen molar-refractivity contribution in [3.8, 4) is 0 Å². The normalized spacial score (nSPS) is 8.00. The van der Waals surface area contributed by atoms with Gasteiger partial charge in [0.25, 0.3) is 5.91 Å². The third-order valence-electron chi connectivity index (χ3n) is 0.427. The Hall–Kier alpha value is -1.26. The Bertz CT molecular complexity index is 130. The molecule has 0 atom stereocenters. The maximum Gasteiger partial charge on any atom is 0.313 e. The molecule has 5 nitrogen and oxygen atoms in total. The fourth-order valence-corrected chi connectivity index (χ4v) is 0.169. The molecule has 5 heteroatoms. The number of carboxylic acid groups (broad SMARTS) is 1. The minimum atomic E-state index is -1.26. The van der Waals surface area contributed by atoms with E-state index in [1.807, 2.05) is 0 Å². The second-order valence-electron chi connectivity index (χ2n) is 1.08. The Morgan fingerprint density at radius 2 is 2.12 bits per heavy atom. The molecule has 0 rings (SSSR count). The van der Waals surface area contributed by atoms with Gasteiger partial charge in [-0.15, -0.1) is 5.11 Å². The molecule has 44 valence electrons. The van der Waals surface area contributed by atoms with E-state index in [2.05, 4.69) is 5.11 Å². The zero-order chi connectivity index (χ0) is 6.57. The van der Waals surface area contributed by atoms with Gasteiger partial charge in [0, 0.05) is 0 Å². The lowest BCUT2D eigenvalue weighted by Crippen LogP contribution is -2.02. The first kappa shape index (κ1) is 6.74. The molecule has 0 fully saturated rings. The molecule has 0 heterocycles. The zero-order valence-electron chi connectivity index (χ0n) is 3.92. The molecule has 0 spiro atoms. The van der Waals surface area contributed by atoms with E-state index in [1.54, 1.807) is 0 Å². The van der Waals surface area contributed by atoms with Crippen LogP contribution in [-0.2, 0) is 9.59 Å². The van der Waals surface area contributed by atoms with Crippen LogP contribution < -0.4 is 0 Å². The summed E-state index contributed by atoms with van der Waals surface area (Å²) in [5.41, 5.74) is 6.01. The van der Waals surface area contributed by atoms with Crippen molar-refractivity contribution < 1.29 is 14.7 Å². The van der Waals surface area contributed by atoms with Crippen molar-refractivity contribution in [1.29, 1.82) is 5.53 Å². The van der Waals surface area contributed by atoms with Gasteiger partial charge in [-0.05, 0) is 0 Å². The fourth-order valence-electron chi connectivity index (χ4n) is 0.169. The average Bonchev–Trinajstić information content (AvgIpc) is 1.65. The van der Waals surface area contributed by atoms with Gasteiger partial charge in [0.15, 0.2) is 0 Å². The third kappa shape index (κ3) is 2.95. The molecule has 1 amide bonds. The van der Waals surface area contributed by atoms with E-state index in [-0.39, 0.29) is 0 Å². The lowest BCUT2D eigenvalue weighted by molar-refractivity contribution is -0.140. The molecule has 0 bridgehead atoms. The summed E-state index contributed by atoms with van der Waals surface area (Å²) in [5, 5.41) is 10.2. The number of hydrogen-bond acceptors (Lipinski definition) is 3. The quantitative estimate of drug-likeness (QED) is 0.393. The number of carbonyl (C=O) groups is 2. The van der Waals surface area contributed by atoms with Crippen molar-refractivity contribution in [3.63, 3.8) is 0 Å². The largest absolute Gasteiger partial charge is 0.481 e. The molecule has 2 N–H and O–H groups in total. The summed E-state index contributed by atoms with van der Waals surface area (Å²) in [4.78, 5) is 19.5. The zero-order valence-corrected chi connectivity index (χ0v) is 3.92. The van der Waals surface area contributed by atoms with Gasteiger partial charge in [0.2, 0.25) is 0 Å². The van der Waals surface area contributed by atoms with Crippen LogP contribution in [0, 0.1) is 5.53 Å². The first-order valence-corrected chi connectivity index (χ1v) is 1.79. The molecule has 0 aromatic rings. The van der Waals surface area contributed by atoms with E-state index in [0.717, 1.165) is 0 Å². The second-order valence-corrected chi connectivity index (χ2v) is 1.08. The second kappa shape index (κ2) is 2.84. The van der Waals surface area contributed by atoms with Crippen molar-refractivity contribution in [2.45, 2.75) is 6.42 Å². The highest BCUT2D eigenvalue weighted by Crippen LogP contribution is 1.81. The molecule has 0 saturated heterocycles. The van der Waals surface area contributed by atoms with Crippen LogP contribution in [0.3, 0.4) is 0 Å². The summed E-state index contributed by atoms with van der Waals surface area (Å²) in [7, 11) is 0. The highest BCUT2D eigenvalue weighted by atomic mass is 16.4. The van der Waals surface area contributed by atoms with E-state index in [9.17, 15) is 9.59 Å². The first-order valence-electron chi connectivity index (χ1n) is 1.79. The van der Waals surface area contributed by atoms with Crippen LogP contribution in [0.2, 0.25) is 0 Å². The molecule has 0 radical (unpaired) electrons. The van der Waals surface area contributed by atoms with Crippen molar-refractivity contribution in [3.05, 3.63) is 0 Å². The highest BCUT2D eigenvalue weighted by Gasteiger charge is 2.03. The molecule has 0 aliphatic heterocycles. The van der Waals surface area contributed by atoms with Crippen LogP contribution in [0.1, 0.15) is 6.42 Å². The molecule has 0 aromatic heterocycles. The lowest BCUT2D eigenvalue weighted by atomic mass is 10.4. The Kier molecular flexibility index (Phi) is 2.39. The van der Waals surface area contributed by atoms with E-state index in [1.165, 1.54) is 0 Å². The SMILES string of the molecule is N=NC(=O)CC(=O)O. The average molecular weight is 116 g/mol. The van der Waals surface area contributed by atoms with Crippen LogP contribution in [0.5, 0.6) is 0 Å². The molecule has 0 saturated carbocycles. The first-order chi connectivity index (χ1) is 3.66. The van der Waals surface area contributed by atoms with Gasteiger partial charge in [0.05, 0.1) is 0 Å². The van der Waals surface area contributed by atoms with Crippen LogP contribution in [0.15, 0.2) is 5.11 Å². The van der Waals surface area contributed by atoms with Crippen molar-refractivity contribution in [2.75, 3.05) is 0 Å². The predicted octanol–water partition coefficient (Wildman–Crippen LogP) is 0.0187. The molecule has 0 unspecified atom stereocenters. The van der Waals surface area contributed by atoms with Crippen LogP contribution in [-0.4, -0.2) is 17.0 Å². The molecular weight excluding hydrogens is 112 g/mol. The number of rotatable bonds is 2. The van der Waals surface area contributed by atoms with Crippen molar-refractivity contribution >= 4 is 11.9 Å². The minimum absolute atomic E-state index is 0.691. The molecule has 0 aliphatic carbocycles. The van der Waals surface area contributed by atoms with Gasteiger partial charge in [-0.3, -0.25) is 9.59 Å². The van der Waals surface area contributed by atoms with Gasteiger partial charge in [-0.2, -0.15) is 0 Å². The fraction of sp³-hybridized carbons (Fsp3) is 0.333. The number of amides is 1. The van der Waals surface area contributed by atoms with Gasteiger partial charge in [-0.1, -0.05) is 0 Å². The van der Waals surface area contributed by atoms with Crippen LogP contribution in [0.25, 0.3) is 0 Å². The minimum Gasteiger partial charge on any atom is -0.481 e. The summed E-state index contributed by atoms with van der Waals surface area (Å²) >= 11 is 0. The molecular formula is C3H4N2O3. The maximum absolute atomic E-state index is 9.89.